The van der Waals surface area contributed by atoms with Crippen LogP contribution in [-0.2, 0) is 10.0 Å². The van der Waals surface area contributed by atoms with E-state index in [4.69, 9.17) is 18.0 Å². The fourth-order valence-corrected chi connectivity index (χ4v) is 3.83. The van der Waals surface area contributed by atoms with Crippen LogP contribution in [0.1, 0.15) is 31.0 Å². The number of thiocarbonyl (C=S) groups is 1. The van der Waals surface area contributed by atoms with Crippen molar-refractivity contribution in [3.8, 4) is 0 Å². The smallest absolute Gasteiger partial charge is 0.263 e. The van der Waals surface area contributed by atoms with Crippen molar-refractivity contribution >= 4 is 43.7 Å². The topological polar surface area (TPSA) is 85.1 Å². The number of nitrogens with two attached hydrogens (primary N) is 1. The summed E-state index contributed by atoms with van der Waals surface area (Å²) in [6, 6.07) is 6.10. The van der Waals surface area contributed by atoms with Crippen LogP contribution in [0.5, 0.6) is 0 Å². The first kappa shape index (κ1) is 15.9. The van der Waals surface area contributed by atoms with E-state index in [0.717, 1.165) is 5.69 Å². The summed E-state index contributed by atoms with van der Waals surface area (Å²) in [5, 5.41) is 2.20. The largest absolute Gasteiger partial charge is 0.389 e. The van der Waals surface area contributed by atoms with Crippen LogP contribution in [0.15, 0.2) is 34.5 Å². The van der Waals surface area contributed by atoms with E-state index in [1.54, 1.807) is 12.1 Å². The number of sulfonamides is 1. The van der Waals surface area contributed by atoms with Gasteiger partial charge in [0.1, 0.15) is 4.99 Å². The molecule has 0 amide bonds. The van der Waals surface area contributed by atoms with Crippen molar-refractivity contribution in [2.24, 2.45) is 5.73 Å². The molecular weight excluding hydrogens is 326 g/mol. The number of nitrogens with one attached hydrogen (secondary N) is 1. The molecule has 2 aromatic rings. The van der Waals surface area contributed by atoms with Gasteiger partial charge < -0.3 is 5.73 Å². The Bertz CT molecular complexity index is 749. The number of thiazole rings is 1. The fourth-order valence-electron chi connectivity index (χ4n) is 1.57. The Morgan fingerprint density at radius 1 is 1.33 bits per heavy atom. The standard InChI is InChI=1S/C13H15N3O2S3/c1-8(2)11-7-20-13(15-11)16-21(17,18)10-5-3-9(4-6-10)12(14)19/h3-8H,1-2H3,(H2,14,19)(H,15,16). The Morgan fingerprint density at radius 3 is 2.43 bits per heavy atom. The van der Waals surface area contributed by atoms with Gasteiger partial charge in [-0.1, -0.05) is 38.2 Å². The molecule has 0 aliphatic rings. The first-order chi connectivity index (χ1) is 9.79. The molecule has 0 aliphatic carbocycles. The van der Waals surface area contributed by atoms with Crippen molar-refractivity contribution in [3.63, 3.8) is 0 Å². The molecule has 21 heavy (non-hydrogen) atoms. The Hall–Kier alpha value is -1.51. The second-order valence-corrected chi connectivity index (χ2v) is 7.71. The average molecular weight is 341 g/mol. The Morgan fingerprint density at radius 2 is 1.95 bits per heavy atom. The third kappa shape index (κ3) is 3.78. The van der Waals surface area contributed by atoms with Gasteiger partial charge in [-0.15, -0.1) is 11.3 Å². The summed E-state index contributed by atoms with van der Waals surface area (Å²) in [4.78, 5) is 4.63. The molecule has 3 N–H and O–H groups in total. The molecular formula is C13H15N3O2S3. The molecule has 0 aliphatic heterocycles. The minimum absolute atomic E-state index is 0.142. The molecule has 2 rings (SSSR count). The number of hydrogen-bond donors (Lipinski definition) is 2. The second kappa shape index (κ2) is 6.08. The van der Waals surface area contributed by atoms with Gasteiger partial charge in [-0.2, -0.15) is 0 Å². The zero-order chi connectivity index (χ0) is 15.6. The zero-order valence-electron chi connectivity index (χ0n) is 11.5. The highest BCUT2D eigenvalue weighted by molar-refractivity contribution is 7.93. The molecule has 0 unspecified atom stereocenters. The lowest BCUT2D eigenvalue weighted by Crippen LogP contribution is -2.14. The van der Waals surface area contributed by atoms with Crippen LogP contribution in [0, 0.1) is 0 Å². The Labute approximate surface area is 133 Å². The van der Waals surface area contributed by atoms with Crippen molar-refractivity contribution in [1.82, 2.24) is 4.98 Å². The van der Waals surface area contributed by atoms with E-state index < -0.39 is 10.0 Å². The minimum Gasteiger partial charge on any atom is -0.389 e. The predicted octanol–water partition coefficient (Wildman–Crippen LogP) is 2.70. The molecule has 0 radical (unpaired) electrons. The van der Waals surface area contributed by atoms with E-state index in [1.807, 2.05) is 19.2 Å². The van der Waals surface area contributed by atoms with Crippen LogP contribution in [0.2, 0.25) is 0 Å². The van der Waals surface area contributed by atoms with Crippen molar-refractivity contribution in [1.29, 1.82) is 0 Å². The molecule has 0 fully saturated rings. The molecule has 8 heteroatoms. The summed E-state index contributed by atoms with van der Waals surface area (Å²) in [5.41, 5.74) is 6.97. The van der Waals surface area contributed by atoms with Crippen LogP contribution >= 0.6 is 23.6 Å². The molecule has 5 nitrogen and oxygen atoms in total. The van der Waals surface area contributed by atoms with E-state index in [9.17, 15) is 8.42 Å². The van der Waals surface area contributed by atoms with E-state index in [2.05, 4.69) is 9.71 Å². The quantitative estimate of drug-likeness (QED) is 0.817. The lowest BCUT2D eigenvalue weighted by Gasteiger charge is -2.06. The molecule has 0 saturated heterocycles. The van der Waals surface area contributed by atoms with Gasteiger partial charge in [-0.25, -0.2) is 13.4 Å². The van der Waals surface area contributed by atoms with Crippen LogP contribution in [-0.4, -0.2) is 18.4 Å². The fraction of sp³-hybridized carbons (Fsp3) is 0.231. The van der Waals surface area contributed by atoms with E-state index >= 15 is 0 Å². The maximum Gasteiger partial charge on any atom is 0.263 e. The monoisotopic (exact) mass is 341 g/mol. The number of benzene rings is 1. The number of anilines is 1. The summed E-state index contributed by atoms with van der Waals surface area (Å²) in [6.45, 7) is 4.00. The summed E-state index contributed by atoms with van der Waals surface area (Å²) < 4.78 is 27.0. The zero-order valence-corrected chi connectivity index (χ0v) is 14.0. The second-order valence-electron chi connectivity index (χ2n) is 4.73. The highest BCUT2D eigenvalue weighted by Gasteiger charge is 2.16. The van der Waals surface area contributed by atoms with Gasteiger partial charge in [-0.3, -0.25) is 4.72 Å². The van der Waals surface area contributed by atoms with Crippen LogP contribution in [0.25, 0.3) is 0 Å². The van der Waals surface area contributed by atoms with Gasteiger partial charge in [0, 0.05) is 10.9 Å². The highest BCUT2D eigenvalue weighted by Crippen LogP contribution is 2.24. The van der Waals surface area contributed by atoms with Crippen LogP contribution < -0.4 is 10.5 Å². The number of aromatic nitrogens is 1. The number of rotatable bonds is 5. The summed E-state index contributed by atoms with van der Waals surface area (Å²) in [5.74, 6) is 0.254. The van der Waals surface area contributed by atoms with Crippen molar-refractivity contribution in [3.05, 3.63) is 40.9 Å². The van der Waals surface area contributed by atoms with Gasteiger partial charge in [0.05, 0.1) is 10.6 Å². The molecule has 112 valence electrons. The Kier molecular flexibility index (Phi) is 4.60. The van der Waals surface area contributed by atoms with E-state index in [-0.39, 0.29) is 15.8 Å². The van der Waals surface area contributed by atoms with Gasteiger partial charge in [0.2, 0.25) is 0 Å². The summed E-state index contributed by atoms with van der Waals surface area (Å²) in [7, 11) is -3.65. The SMILES string of the molecule is CC(C)c1csc(NS(=O)(=O)c2ccc(C(N)=S)cc2)n1. The maximum atomic E-state index is 12.3. The minimum atomic E-state index is -3.65. The average Bonchev–Trinajstić information content (AvgIpc) is 2.87. The van der Waals surface area contributed by atoms with Crippen LogP contribution in [0.3, 0.4) is 0 Å². The molecule has 0 atom stereocenters. The summed E-state index contributed by atoms with van der Waals surface area (Å²) >= 11 is 6.10. The van der Waals surface area contributed by atoms with Gasteiger partial charge in [0.15, 0.2) is 5.13 Å². The van der Waals surface area contributed by atoms with Gasteiger partial charge >= 0.3 is 0 Å². The Balaban J connectivity index is 2.22. The molecule has 1 heterocycles. The summed E-state index contributed by atoms with van der Waals surface area (Å²) in [6.07, 6.45) is 0. The number of hydrogen-bond acceptors (Lipinski definition) is 5. The van der Waals surface area contributed by atoms with Crippen molar-refractivity contribution in [2.75, 3.05) is 4.72 Å². The van der Waals surface area contributed by atoms with Crippen molar-refractivity contribution in [2.45, 2.75) is 24.7 Å². The maximum absolute atomic E-state index is 12.3. The first-order valence-electron chi connectivity index (χ1n) is 6.17. The van der Waals surface area contributed by atoms with E-state index in [0.29, 0.717) is 10.7 Å². The van der Waals surface area contributed by atoms with E-state index in [1.165, 1.54) is 23.5 Å². The van der Waals surface area contributed by atoms with Gasteiger partial charge in [-0.05, 0) is 18.1 Å². The third-order valence-corrected chi connectivity index (χ3v) is 5.28. The van der Waals surface area contributed by atoms with Crippen molar-refractivity contribution < 1.29 is 8.42 Å². The molecule has 1 aromatic carbocycles. The highest BCUT2D eigenvalue weighted by atomic mass is 32.2. The predicted molar refractivity (Wildman–Crippen MR) is 89.3 cm³/mol. The lowest BCUT2D eigenvalue weighted by molar-refractivity contribution is 0.601. The lowest BCUT2D eigenvalue weighted by atomic mass is 10.2. The molecule has 0 spiro atoms. The van der Waals surface area contributed by atoms with Crippen LogP contribution in [0.4, 0.5) is 5.13 Å². The molecule has 0 saturated carbocycles. The normalized spacial score (nSPS) is 11.6. The molecule has 0 bridgehead atoms. The molecule has 1 aromatic heterocycles. The first-order valence-corrected chi connectivity index (χ1v) is 8.95. The van der Waals surface area contributed by atoms with Gasteiger partial charge in [0.25, 0.3) is 10.0 Å². The number of nitrogens with zero attached hydrogens (tertiary/aromatic N) is 1. The third-order valence-electron chi connectivity index (χ3n) is 2.78.